The van der Waals surface area contributed by atoms with Gasteiger partial charge in [0.15, 0.2) is 0 Å². The summed E-state index contributed by atoms with van der Waals surface area (Å²) < 4.78 is 61.6. The summed E-state index contributed by atoms with van der Waals surface area (Å²) in [5, 5.41) is 8.62. The van der Waals surface area contributed by atoms with E-state index < -0.39 is 29.2 Å². The number of nitrogens with zero attached hydrogens (tertiary/aromatic N) is 1. The third kappa shape index (κ3) is 4.82. The molecule has 0 spiro atoms. The molecule has 0 aliphatic rings. The average molecular weight is 458 g/mol. The topological polar surface area (TPSA) is 50.2 Å². The molecule has 0 radical (unpaired) electrons. The van der Waals surface area contributed by atoms with Crippen LogP contribution in [0.1, 0.15) is 28.0 Å². The highest BCUT2D eigenvalue weighted by Crippen LogP contribution is 2.34. The maximum absolute atomic E-state index is 14.4. The van der Waals surface area contributed by atoms with Crippen LogP contribution in [-0.4, -0.2) is 15.4 Å². The summed E-state index contributed by atoms with van der Waals surface area (Å²) in [6.07, 6.45) is -0.169. The first-order chi connectivity index (χ1) is 14.2. The van der Waals surface area contributed by atoms with Gasteiger partial charge >= 0.3 is 5.97 Å². The van der Waals surface area contributed by atoms with E-state index in [2.05, 4.69) is 4.37 Å². The van der Waals surface area contributed by atoms with Crippen molar-refractivity contribution in [1.29, 1.82) is 0 Å². The highest BCUT2D eigenvalue weighted by Gasteiger charge is 2.22. The zero-order chi connectivity index (χ0) is 22.0. The summed E-state index contributed by atoms with van der Waals surface area (Å²) in [5.74, 6) is -4.38. The highest BCUT2D eigenvalue weighted by atomic mass is 35.5. The third-order valence-corrected chi connectivity index (χ3v) is 5.69. The van der Waals surface area contributed by atoms with Gasteiger partial charge in [-0.05, 0) is 73.1 Å². The minimum atomic E-state index is -1.06. The Morgan fingerprint density at radius 1 is 0.967 bits per heavy atom. The van der Waals surface area contributed by atoms with Crippen molar-refractivity contribution in [2.45, 2.75) is 32.6 Å². The van der Waals surface area contributed by atoms with Crippen LogP contribution in [0.3, 0.4) is 0 Å². The minimum absolute atomic E-state index is 0.0102. The second kappa shape index (κ2) is 9.14. The monoisotopic (exact) mass is 457 g/mol. The molecule has 158 valence electrons. The van der Waals surface area contributed by atoms with Crippen LogP contribution in [-0.2, 0) is 24.1 Å². The van der Waals surface area contributed by atoms with Crippen LogP contribution in [0, 0.1) is 30.2 Å². The van der Waals surface area contributed by atoms with Crippen LogP contribution in [0.5, 0.6) is 0 Å². The minimum Gasteiger partial charge on any atom is -0.481 e. The Morgan fingerprint density at radius 2 is 1.53 bits per heavy atom. The van der Waals surface area contributed by atoms with E-state index in [9.17, 15) is 22.4 Å². The molecule has 0 saturated carbocycles. The van der Waals surface area contributed by atoms with E-state index in [1.807, 2.05) is 0 Å². The molecule has 1 N–H and O–H groups in total. The van der Waals surface area contributed by atoms with Gasteiger partial charge in [0, 0.05) is 21.9 Å². The predicted molar refractivity (Wildman–Crippen MR) is 107 cm³/mol. The van der Waals surface area contributed by atoms with Crippen LogP contribution in [0.25, 0.3) is 11.3 Å². The standard InChI is InChI=1S/C21H16ClF4NO2S/c1-10-13(21(27-30-10)20-17(25)8-12(22)9-18(20)26)3-4-14-15(23)6-11(7-16(14)24)2-5-19(28)29/h6-9H,2-5H2,1H3,(H,28,29). The number of halogens is 5. The molecule has 0 bridgehead atoms. The molecule has 1 aromatic heterocycles. The lowest BCUT2D eigenvalue weighted by Gasteiger charge is -2.10. The Hall–Kier alpha value is -2.45. The normalized spacial score (nSPS) is 11.1. The number of carboxylic acid groups (broad SMARTS) is 1. The Kier molecular flexibility index (Phi) is 6.77. The van der Waals surface area contributed by atoms with Crippen LogP contribution in [0.2, 0.25) is 5.02 Å². The summed E-state index contributed by atoms with van der Waals surface area (Å²) in [6, 6.07) is 4.18. The van der Waals surface area contributed by atoms with E-state index in [1.54, 1.807) is 6.92 Å². The summed E-state index contributed by atoms with van der Waals surface area (Å²) in [5.41, 5.74) is 0.318. The fraction of sp³-hybridized carbons (Fsp3) is 0.238. The molecule has 9 heteroatoms. The zero-order valence-electron chi connectivity index (χ0n) is 15.7. The van der Waals surface area contributed by atoms with Crippen LogP contribution >= 0.6 is 23.1 Å². The number of aromatic nitrogens is 1. The van der Waals surface area contributed by atoms with Gasteiger partial charge in [0.2, 0.25) is 0 Å². The van der Waals surface area contributed by atoms with E-state index in [0.717, 1.165) is 35.8 Å². The lowest BCUT2D eigenvalue weighted by Crippen LogP contribution is -2.04. The molecular weight excluding hydrogens is 442 g/mol. The summed E-state index contributed by atoms with van der Waals surface area (Å²) >= 11 is 6.71. The Balaban J connectivity index is 1.88. The quantitative estimate of drug-likeness (QED) is 0.434. The van der Waals surface area contributed by atoms with Crippen molar-refractivity contribution in [2.24, 2.45) is 0 Å². The van der Waals surface area contributed by atoms with E-state index in [4.69, 9.17) is 16.7 Å². The number of hydrogen-bond donors (Lipinski definition) is 1. The van der Waals surface area contributed by atoms with Gasteiger partial charge in [-0.2, -0.15) is 4.37 Å². The molecule has 0 saturated heterocycles. The molecular formula is C21H16ClF4NO2S. The third-order valence-electron chi connectivity index (χ3n) is 4.68. The highest BCUT2D eigenvalue weighted by molar-refractivity contribution is 7.06. The number of carboxylic acids is 1. The van der Waals surface area contributed by atoms with Crippen molar-refractivity contribution in [1.82, 2.24) is 4.37 Å². The number of carbonyl (C=O) groups is 1. The summed E-state index contributed by atoms with van der Waals surface area (Å²) in [7, 11) is 0. The number of benzene rings is 2. The van der Waals surface area contributed by atoms with Gasteiger partial charge in [-0.3, -0.25) is 4.79 Å². The van der Waals surface area contributed by atoms with Crippen molar-refractivity contribution in [3.8, 4) is 11.3 Å². The zero-order valence-corrected chi connectivity index (χ0v) is 17.3. The Labute approximate surface area is 179 Å². The molecule has 0 aliphatic heterocycles. The van der Waals surface area contributed by atoms with Gasteiger partial charge < -0.3 is 5.11 Å². The van der Waals surface area contributed by atoms with Crippen molar-refractivity contribution in [3.05, 3.63) is 74.1 Å². The molecule has 0 fully saturated rings. The number of rotatable bonds is 7. The van der Waals surface area contributed by atoms with Gasteiger partial charge in [-0.15, -0.1) is 0 Å². The van der Waals surface area contributed by atoms with Crippen molar-refractivity contribution < 1.29 is 27.5 Å². The smallest absolute Gasteiger partial charge is 0.303 e. The SMILES string of the molecule is Cc1snc(-c2c(F)cc(Cl)cc2F)c1CCc1c(F)cc(CCC(=O)O)cc1F. The maximum Gasteiger partial charge on any atom is 0.303 e. The molecule has 0 amide bonds. The second-order valence-corrected chi connectivity index (χ2v) is 8.16. The molecule has 0 aliphatic carbocycles. The molecule has 1 heterocycles. The predicted octanol–water partition coefficient (Wildman–Crippen LogP) is 6.13. The Morgan fingerprint density at radius 3 is 2.10 bits per heavy atom. The first-order valence-electron chi connectivity index (χ1n) is 8.96. The van der Waals surface area contributed by atoms with Crippen molar-refractivity contribution in [2.75, 3.05) is 0 Å². The van der Waals surface area contributed by atoms with E-state index in [0.29, 0.717) is 10.4 Å². The van der Waals surface area contributed by atoms with Crippen LogP contribution in [0.4, 0.5) is 17.6 Å². The lowest BCUT2D eigenvalue weighted by molar-refractivity contribution is -0.136. The lowest BCUT2D eigenvalue weighted by atomic mass is 9.97. The average Bonchev–Trinajstić information content (AvgIpc) is 2.99. The number of aryl methyl sites for hydroxylation is 2. The van der Waals surface area contributed by atoms with E-state index in [1.165, 1.54) is 0 Å². The number of aliphatic carboxylic acids is 1. The fourth-order valence-corrected chi connectivity index (χ4v) is 4.12. The first kappa shape index (κ1) is 22.2. The van der Waals surface area contributed by atoms with E-state index >= 15 is 0 Å². The van der Waals surface area contributed by atoms with Gasteiger partial charge in [-0.1, -0.05) is 11.6 Å². The molecule has 3 nitrogen and oxygen atoms in total. The van der Waals surface area contributed by atoms with Crippen molar-refractivity contribution >= 4 is 29.1 Å². The first-order valence-corrected chi connectivity index (χ1v) is 10.1. The van der Waals surface area contributed by atoms with Gasteiger partial charge in [0.05, 0.1) is 11.3 Å². The van der Waals surface area contributed by atoms with Crippen LogP contribution in [0.15, 0.2) is 24.3 Å². The second-order valence-electron chi connectivity index (χ2n) is 6.74. The van der Waals surface area contributed by atoms with Crippen LogP contribution < -0.4 is 0 Å². The van der Waals surface area contributed by atoms with Gasteiger partial charge in [0.25, 0.3) is 0 Å². The van der Waals surface area contributed by atoms with E-state index in [-0.39, 0.29) is 53.1 Å². The van der Waals surface area contributed by atoms with Gasteiger partial charge in [0.1, 0.15) is 23.3 Å². The molecule has 2 aromatic carbocycles. The molecule has 0 atom stereocenters. The molecule has 3 rings (SSSR count). The summed E-state index contributed by atoms with van der Waals surface area (Å²) in [4.78, 5) is 11.3. The molecule has 3 aromatic rings. The summed E-state index contributed by atoms with van der Waals surface area (Å²) in [6.45, 7) is 1.71. The maximum atomic E-state index is 14.4. The molecule has 30 heavy (non-hydrogen) atoms. The number of hydrogen-bond acceptors (Lipinski definition) is 3. The fourth-order valence-electron chi connectivity index (χ4n) is 3.19. The Bertz CT molecular complexity index is 1070. The largest absolute Gasteiger partial charge is 0.481 e. The molecule has 0 unspecified atom stereocenters. The van der Waals surface area contributed by atoms with Crippen molar-refractivity contribution in [3.63, 3.8) is 0 Å². The van der Waals surface area contributed by atoms with Gasteiger partial charge in [-0.25, -0.2) is 17.6 Å².